The summed E-state index contributed by atoms with van der Waals surface area (Å²) in [6.07, 6.45) is 2.08. The summed E-state index contributed by atoms with van der Waals surface area (Å²) in [5.74, 6) is 0.0492. The molecule has 29 heavy (non-hydrogen) atoms. The van der Waals surface area contributed by atoms with Crippen molar-refractivity contribution in [3.05, 3.63) is 35.7 Å². The maximum Gasteiger partial charge on any atom is 0.264 e. The van der Waals surface area contributed by atoms with Crippen LogP contribution in [0.3, 0.4) is 0 Å². The van der Waals surface area contributed by atoms with Crippen LogP contribution < -0.4 is 0 Å². The van der Waals surface area contributed by atoms with Gasteiger partial charge in [-0.25, -0.2) is 23.4 Å². The SMILES string of the molecule is Cc1noc2nc(C3CCN(C(=O)CC(C)n4cncn4)CC3)cc(C(F)F)c12. The molecule has 0 radical (unpaired) electrons. The highest BCUT2D eigenvalue weighted by Crippen LogP contribution is 2.35. The molecule has 0 saturated carbocycles. The highest BCUT2D eigenvalue weighted by atomic mass is 19.3. The number of alkyl halides is 2. The van der Waals surface area contributed by atoms with Gasteiger partial charge in [0.25, 0.3) is 12.1 Å². The lowest BCUT2D eigenvalue weighted by atomic mass is 9.91. The van der Waals surface area contributed by atoms with Crippen molar-refractivity contribution in [3.8, 4) is 0 Å². The molecule has 3 aromatic heterocycles. The summed E-state index contributed by atoms with van der Waals surface area (Å²) in [7, 11) is 0. The van der Waals surface area contributed by atoms with Crippen molar-refractivity contribution in [2.24, 2.45) is 0 Å². The molecule has 1 aliphatic heterocycles. The van der Waals surface area contributed by atoms with Crippen LogP contribution in [0.1, 0.15) is 61.5 Å². The Morgan fingerprint density at radius 1 is 1.34 bits per heavy atom. The zero-order valence-corrected chi connectivity index (χ0v) is 16.3. The molecule has 0 aromatic carbocycles. The fourth-order valence-electron chi connectivity index (χ4n) is 3.87. The van der Waals surface area contributed by atoms with Crippen molar-refractivity contribution in [2.45, 2.75) is 51.5 Å². The van der Waals surface area contributed by atoms with E-state index < -0.39 is 6.43 Å². The molecule has 4 heterocycles. The van der Waals surface area contributed by atoms with E-state index in [1.807, 2.05) is 11.8 Å². The van der Waals surface area contributed by atoms with Crippen LogP contribution in [0, 0.1) is 6.92 Å². The van der Waals surface area contributed by atoms with Crippen LogP contribution in [-0.2, 0) is 4.79 Å². The van der Waals surface area contributed by atoms with Gasteiger partial charge >= 0.3 is 0 Å². The van der Waals surface area contributed by atoms with Crippen molar-refractivity contribution in [1.29, 1.82) is 0 Å². The van der Waals surface area contributed by atoms with Gasteiger partial charge in [0.05, 0.1) is 17.1 Å². The van der Waals surface area contributed by atoms with E-state index in [9.17, 15) is 13.6 Å². The maximum atomic E-state index is 13.5. The quantitative estimate of drug-likeness (QED) is 0.647. The summed E-state index contributed by atoms with van der Waals surface area (Å²) in [4.78, 5) is 22.7. The lowest BCUT2D eigenvalue weighted by Crippen LogP contribution is -2.38. The number of hydrogen-bond acceptors (Lipinski definition) is 6. The number of carbonyl (C=O) groups excluding carboxylic acids is 1. The number of pyridine rings is 1. The van der Waals surface area contributed by atoms with E-state index in [4.69, 9.17) is 4.52 Å². The Labute approximate surface area is 165 Å². The van der Waals surface area contributed by atoms with E-state index in [2.05, 4.69) is 20.2 Å². The van der Waals surface area contributed by atoms with Gasteiger partial charge in [-0.1, -0.05) is 5.16 Å². The Hall–Kier alpha value is -2.91. The minimum absolute atomic E-state index is 0.000838. The first kappa shape index (κ1) is 19.4. The third-order valence-corrected chi connectivity index (χ3v) is 5.53. The third-order valence-electron chi connectivity index (χ3n) is 5.53. The van der Waals surface area contributed by atoms with Crippen LogP contribution in [0.2, 0.25) is 0 Å². The van der Waals surface area contributed by atoms with E-state index >= 15 is 0 Å². The number of aromatic nitrogens is 5. The molecule has 0 bridgehead atoms. The summed E-state index contributed by atoms with van der Waals surface area (Å²) in [6.45, 7) is 4.67. The largest absolute Gasteiger partial charge is 0.343 e. The highest BCUT2D eigenvalue weighted by molar-refractivity contribution is 5.80. The van der Waals surface area contributed by atoms with E-state index in [0.29, 0.717) is 49.1 Å². The molecule has 1 fully saturated rings. The average molecular weight is 404 g/mol. The number of halogens is 2. The number of rotatable bonds is 5. The van der Waals surface area contributed by atoms with Gasteiger partial charge in [-0.2, -0.15) is 5.10 Å². The molecule has 8 nitrogen and oxygen atoms in total. The molecule has 3 aromatic rings. The zero-order chi connectivity index (χ0) is 20.5. The van der Waals surface area contributed by atoms with Crippen LogP contribution in [0.4, 0.5) is 8.78 Å². The Bertz CT molecular complexity index is 996. The van der Waals surface area contributed by atoms with E-state index in [1.165, 1.54) is 12.4 Å². The standard InChI is InChI=1S/C19H22F2N6O2/c1-11(27-10-22-9-23-27)7-16(28)26-5-3-13(4-6-26)15-8-14(18(20)21)17-12(2)25-29-19(17)24-15/h8-11,13,18H,3-7H2,1-2H3. The van der Waals surface area contributed by atoms with Crippen molar-refractivity contribution in [3.63, 3.8) is 0 Å². The van der Waals surface area contributed by atoms with Crippen molar-refractivity contribution in [1.82, 2.24) is 29.8 Å². The fraction of sp³-hybridized carbons (Fsp3) is 0.526. The molecule has 1 amide bonds. The fourth-order valence-corrected chi connectivity index (χ4v) is 3.87. The lowest BCUT2D eigenvalue weighted by Gasteiger charge is -2.32. The predicted molar refractivity (Wildman–Crippen MR) is 99.4 cm³/mol. The zero-order valence-electron chi connectivity index (χ0n) is 16.3. The Morgan fingerprint density at radius 3 is 2.76 bits per heavy atom. The first-order valence-electron chi connectivity index (χ1n) is 9.61. The van der Waals surface area contributed by atoms with Crippen LogP contribution in [0.25, 0.3) is 11.1 Å². The molecule has 154 valence electrons. The summed E-state index contributed by atoms with van der Waals surface area (Å²) in [5.41, 5.74) is 1.04. The van der Waals surface area contributed by atoms with Gasteiger partial charge in [0.1, 0.15) is 12.7 Å². The second kappa shape index (κ2) is 7.84. The molecule has 0 aliphatic carbocycles. The van der Waals surface area contributed by atoms with Crippen molar-refractivity contribution in [2.75, 3.05) is 13.1 Å². The van der Waals surface area contributed by atoms with Crippen LogP contribution in [0.5, 0.6) is 0 Å². The number of aryl methyl sites for hydroxylation is 1. The predicted octanol–water partition coefficient (Wildman–Crippen LogP) is 3.42. The normalized spacial score (nSPS) is 16.7. The van der Waals surface area contributed by atoms with Crippen molar-refractivity contribution >= 4 is 17.0 Å². The van der Waals surface area contributed by atoms with Crippen molar-refractivity contribution < 1.29 is 18.1 Å². The third kappa shape index (κ3) is 3.83. The molecule has 1 atom stereocenters. The number of fused-ring (bicyclic) bond motifs is 1. The minimum Gasteiger partial charge on any atom is -0.343 e. The minimum atomic E-state index is -2.63. The summed E-state index contributed by atoms with van der Waals surface area (Å²) in [5, 5.41) is 8.13. The average Bonchev–Trinajstić information content (AvgIpc) is 3.38. The highest BCUT2D eigenvalue weighted by Gasteiger charge is 2.28. The van der Waals surface area contributed by atoms with Gasteiger partial charge in [0.2, 0.25) is 5.91 Å². The van der Waals surface area contributed by atoms with Crippen LogP contribution in [-0.4, -0.2) is 48.8 Å². The second-order valence-corrected chi connectivity index (χ2v) is 7.47. The molecule has 0 spiro atoms. The second-order valence-electron chi connectivity index (χ2n) is 7.47. The number of piperidine rings is 1. The van der Waals surface area contributed by atoms with Gasteiger partial charge < -0.3 is 9.42 Å². The molecular weight excluding hydrogens is 382 g/mol. The summed E-state index contributed by atoms with van der Waals surface area (Å²) >= 11 is 0. The van der Waals surface area contributed by atoms with Gasteiger partial charge in [-0.15, -0.1) is 0 Å². The maximum absolute atomic E-state index is 13.5. The Balaban J connectivity index is 1.44. The number of hydrogen-bond donors (Lipinski definition) is 0. The smallest absolute Gasteiger partial charge is 0.264 e. The first-order chi connectivity index (χ1) is 13.9. The first-order valence-corrected chi connectivity index (χ1v) is 9.61. The molecule has 1 aliphatic rings. The van der Waals surface area contributed by atoms with Crippen LogP contribution in [0.15, 0.2) is 23.2 Å². The molecule has 1 saturated heterocycles. The molecule has 4 rings (SSSR count). The number of nitrogens with zero attached hydrogens (tertiary/aromatic N) is 6. The van der Waals surface area contributed by atoms with Crippen LogP contribution >= 0.6 is 0 Å². The number of amides is 1. The van der Waals surface area contributed by atoms with Gasteiger partial charge in [-0.05, 0) is 32.8 Å². The van der Waals surface area contributed by atoms with Gasteiger partial charge in [0, 0.05) is 36.7 Å². The topological polar surface area (TPSA) is 89.9 Å². The number of likely N-dealkylation sites (tertiary alicyclic amines) is 1. The monoisotopic (exact) mass is 404 g/mol. The summed E-state index contributed by atoms with van der Waals surface area (Å²) in [6, 6.07) is 1.39. The number of carbonyl (C=O) groups is 1. The molecule has 1 unspecified atom stereocenters. The molecular formula is C19H22F2N6O2. The Morgan fingerprint density at radius 2 is 2.10 bits per heavy atom. The lowest BCUT2D eigenvalue weighted by molar-refractivity contribution is -0.133. The Kier molecular flexibility index (Phi) is 5.25. The summed E-state index contributed by atoms with van der Waals surface area (Å²) < 4.78 is 33.9. The van der Waals surface area contributed by atoms with Gasteiger partial charge in [-0.3, -0.25) is 4.79 Å². The molecule has 10 heteroatoms. The van der Waals surface area contributed by atoms with E-state index in [0.717, 1.165) is 0 Å². The van der Waals surface area contributed by atoms with E-state index in [-0.39, 0.29) is 29.1 Å². The van der Waals surface area contributed by atoms with E-state index in [1.54, 1.807) is 17.9 Å². The molecule has 0 N–H and O–H groups in total. The van der Waals surface area contributed by atoms with Gasteiger partial charge in [0.15, 0.2) is 0 Å².